The molecule has 0 aromatic rings. The molecule has 1 N–H and O–H groups in total. The molecule has 1 unspecified atom stereocenters. The number of hydrogen-bond donors (Lipinski definition) is 1. The third kappa shape index (κ3) is 8.88. The Hall–Kier alpha value is -0.0800. The van der Waals surface area contributed by atoms with Crippen molar-refractivity contribution < 1.29 is 0 Å². The van der Waals surface area contributed by atoms with Crippen LogP contribution in [0.25, 0.3) is 0 Å². The van der Waals surface area contributed by atoms with E-state index in [9.17, 15) is 0 Å². The minimum Gasteiger partial charge on any atom is -0.317 e. The van der Waals surface area contributed by atoms with E-state index in [1.807, 2.05) is 0 Å². The lowest BCUT2D eigenvalue weighted by Crippen LogP contribution is -2.31. The van der Waals surface area contributed by atoms with Gasteiger partial charge in [0.2, 0.25) is 0 Å². The smallest absolute Gasteiger partial charge is 0.000681 e. The van der Waals surface area contributed by atoms with Gasteiger partial charge in [-0.05, 0) is 44.9 Å². The molecule has 1 atom stereocenters. The van der Waals surface area contributed by atoms with Crippen LogP contribution < -0.4 is 5.32 Å². The Bertz CT molecular complexity index is 126. The fraction of sp³-hybridized carbons (Fsp3) is 1.00. The molecule has 0 bridgehead atoms. The van der Waals surface area contributed by atoms with Crippen LogP contribution in [0.2, 0.25) is 0 Å². The van der Waals surface area contributed by atoms with Crippen molar-refractivity contribution in [2.45, 2.75) is 47.0 Å². The highest BCUT2D eigenvalue weighted by Gasteiger charge is 2.06. The van der Waals surface area contributed by atoms with Gasteiger partial charge in [-0.3, -0.25) is 0 Å². The molecule has 0 amide bonds. The second kappa shape index (κ2) is 10.4. The highest BCUT2D eigenvalue weighted by atomic mass is 15.1. The second-order valence-electron chi connectivity index (χ2n) is 4.51. The Balaban J connectivity index is 3.44. The summed E-state index contributed by atoms with van der Waals surface area (Å²) in [5, 5.41) is 3.46. The largest absolute Gasteiger partial charge is 0.317 e. The van der Waals surface area contributed by atoms with Gasteiger partial charge in [0.05, 0.1) is 0 Å². The van der Waals surface area contributed by atoms with E-state index in [4.69, 9.17) is 0 Å². The SMILES string of the molecule is CCCNCCCN(CC)CC(C)CC. The summed E-state index contributed by atoms with van der Waals surface area (Å²) >= 11 is 0. The monoisotopic (exact) mass is 214 g/mol. The molecular formula is C13H30N2. The topological polar surface area (TPSA) is 15.3 Å². The number of hydrogen-bond acceptors (Lipinski definition) is 2. The normalized spacial score (nSPS) is 13.4. The first-order valence-electron chi connectivity index (χ1n) is 6.67. The zero-order valence-corrected chi connectivity index (χ0v) is 11.2. The molecule has 0 saturated carbocycles. The molecule has 0 aromatic carbocycles. The van der Waals surface area contributed by atoms with E-state index in [0.29, 0.717) is 0 Å². The second-order valence-corrected chi connectivity index (χ2v) is 4.51. The van der Waals surface area contributed by atoms with E-state index in [-0.39, 0.29) is 0 Å². The van der Waals surface area contributed by atoms with Crippen molar-refractivity contribution in [1.82, 2.24) is 10.2 Å². The number of rotatable bonds is 10. The lowest BCUT2D eigenvalue weighted by Gasteiger charge is -2.23. The lowest BCUT2D eigenvalue weighted by molar-refractivity contribution is 0.242. The minimum absolute atomic E-state index is 0.841. The summed E-state index contributed by atoms with van der Waals surface area (Å²) in [5.74, 6) is 0.841. The molecule has 0 fully saturated rings. The molecule has 2 heteroatoms. The van der Waals surface area contributed by atoms with E-state index in [2.05, 4.69) is 37.9 Å². The zero-order valence-electron chi connectivity index (χ0n) is 11.2. The first kappa shape index (κ1) is 14.9. The first-order valence-corrected chi connectivity index (χ1v) is 6.67. The van der Waals surface area contributed by atoms with E-state index in [1.54, 1.807) is 0 Å². The maximum Gasteiger partial charge on any atom is 0.000681 e. The van der Waals surface area contributed by atoms with Gasteiger partial charge in [-0.2, -0.15) is 0 Å². The van der Waals surface area contributed by atoms with Crippen molar-refractivity contribution in [2.24, 2.45) is 5.92 Å². The van der Waals surface area contributed by atoms with Crippen molar-refractivity contribution in [3.05, 3.63) is 0 Å². The fourth-order valence-corrected chi connectivity index (χ4v) is 1.68. The van der Waals surface area contributed by atoms with Gasteiger partial charge < -0.3 is 10.2 Å². The van der Waals surface area contributed by atoms with Crippen LogP contribution in [0.15, 0.2) is 0 Å². The standard InChI is InChI=1S/C13H30N2/c1-5-9-14-10-8-11-15(7-3)12-13(4)6-2/h13-14H,5-12H2,1-4H3. The van der Waals surface area contributed by atoms with Crippen LogP contribution in [0.1, 0.15) is 47.0 Å². The van der Waals surface area contributed by atoms with Gasteiger partial charge in [0.25, 0.3) is 0 Å². The Morgan fingerprint density at radius 3 is 2.40 bits per heavy atom. The number of nitrogens with zero attached hydrogens (tertiary/aromatic N) is 1. The highest BCUT2D eigenvalue weighted by molar-refractivity contribution is 4.61. The fourth-order valence-electron chi connectivity index (χ4n) is 1.68. The van der Waals surface area contributed by atoms with Gasteiger partial charge in [0.15, 0.2) is 0 Å². The Morgan fingerprint density at radius 2 is 1.87 bits per heavy atom. The van der Waals surface area contributed by atoms with Crippen molar-refractivity contribution in [3.8, 4) is 0 Å². The van der Waals surface area contributed by atoms with E-state index >= 15 is 0 Å². The molecule has 0 heterocycles. The third-order valence-electron chi connectivity index (χ3n) is 2.97. The van der Waals surface area contributed by atoms with Crippen LogP contribution in [0.4, 0.5) is 0 Å². The summed E-state index contributed by atoms with van der Waals surface area (Å²) < 4.78 is 0. The molecule has 15 heavy (non-hydrogen) atoms. The molecule has 0 spiro atoms. The Morgan fingerprint density at radius 1 is 1.13 bits per heavy atom. The van der Waals surface area contributed by atoms with Crippen LogP contribution in [0.3, 0.4) is 0 Å². The third-order valence-corrected chi connectivity index (χ3v) is 2.97. The summed E-state index contributed by atoms with van der Waals surface area (Å²) in [5.41, 5.74) is 0. The molecular weight excluding hydrogens is 184 g/mol. The van der Waals surface area contributed by atoms with Gasteiger partial charge in [0.1, 0.15) is 0 Å². The van der Waals surface area contributed by atoms with Crippen molar-refractivity contribution in [3.63, 3.8) is 0 Å². The van der Waals surface area contributed by atoms with E-state index in [1.165, 1.54) is 45.4 Å². The predicted octanol–water partition coefficient (Wildman–Crippen LogP) is 2.74. The van der Waals surface area contributed by atoms with Gasteiger partial charge in [-0.25, -0.2) is 0 Å². The minimum atomic E-state index is 0.841. The molecule has 0 aliphatic heterocycles. The maximum absolute atomic E-state index is 3.46. The van der Waals surface area contributed by atoms with Crippen LogP contribution >= 0.6 is 0 Å². The number of nitrogens with one attached hydrogen (secondary N) is 1. The summed E-state index contributed by atoms with van der Waals surface area (Å²) in [7, 11) is 0. The van der Waals surface area contributed by atoms with Crippen LogP contribution in [0.5, 0.6) is 0 Å². The van der Waals surface area contributed by atoms with E-state index < -0.39 is 0 Å². The summed E-state index contributed by atoms with van der Waals surface area (Å²) in [6, 6.07) is 0. The average Bonchev–Trinajstić information content (AvgIpc) is 2.26. The predicted molar refractivity (Wildman–Crippen MR) is 69.3 cm³/mol. The summed E-state index contributed by atoms with van der Waals surface area (Å²) in [6.07, 6.45) is 3.82. The Labute approximate surface area is 96.4 Å². The van der Waals surface area contributed by atoms with Gasteiger partial charge >= 0.3 is 0 Å². The summed E-state index contributed by atoms with van der Waals surface area (Å²) in [6.45, 7) is 15.1. The molecule has 92 valence electrons. The van der Waals surface area contributed by atoms with Crippen molar-refractivity contribution >= 4 is 0 Å². The lowest BCUT2D eigenvalue weighted by atomic mass is 10.1. The van der Waals surface area contributed by atoms with Crippen LogP contribution in [-0.2, 0) is 0 Å². The van der Waals surface area contributed by atoms with Crippen molar-refractivity contribution in [1.29, 1.82) is 0 Å². The van der Waals surface area contributed by atoms with Crippen molar-refractivity contribution in [2.75, 3.05) is 32.7 Å². The highest BCUT2D eigenvalue weighted by Crippen LogP contribution is 2.04. The zero-order chi connectivity index (χ0) is 11.5. The summed E-state index contributed by atoms with van der Waals surface area (Å²) in [4.78, 5) is 2.57. The quantitative estimate of drug-likeness (QED) is 0.563. The first-order chi connectivity index (χ1) is 7.24. The van der Waals surface area contributed by atoms with Gasteiger partial charge in [-0.1, -0.05) is 34.1 Å². The van der Waals surface area contributed by atoms with Gasteiger partial charge in [-0.15, -0.1) is 0 Å². The molecule has 2 nitrogen and oxygen atoms in total. The molecule has 0 saturated heterocycles. The van der Waals surface area contributed by atoms with Crippen LogP contribution in [0, 0.1) is 5.92 Å². The van der Waals surface area contributed by atoms with E-state index in [0.717, 1.165) is 12.5 Å². The molecule has 0 aromatic heterocycles. The maximum atomic E-state index is 3.46. The molecule has 0 rings (SSSR count). The molecule has 0 aliphatic carbocycles. The van der Waals surface area contributed by atoms with Gasteiger partial charge in [0, 0.05) is 6.54 Å². The van der Waals surface area contributed by atoms with Crippen LogP contribution in [-0.4, -0.2) is 37.6 Å². The molecule has 0 aliphatic rings. The average molecular weight is 214 g/mol. The Kier molecular flexibility index (Phi) is 10.4. The molecule has 0 radical (unpaired) electrons.